The molecule has 132 valence electrons. The lowest BCUT2D eigenvalue weighted by molar-refractivity contribution is -0.132. The van der Waals surface area contributed by atoms with Crippen molar-refractivity contribution in [1.82, 2.24) is 9.88 Å². The Morgan fingerprint density at radius 1 is 1.20 bits per heavy atom. The van der Waals surface area contributed by atoms with Crippen molar-refractivity contribution in [1.29, 1.82) is 0 Å². The molecule has 1 saturated heterocycles. The highest BCUT2D eigenvalue weighted by molar-refractivity contribution is 5.76. The van der Waals surface area contributed by atoms with E-state index in [2.05, 4.69) is 4.98 Å². The van der Waals surface area contributed by atoms with Gasteiger partial charge in [-0.2, -0.15) is 0 Å². The van der Waals surface area contributed by atoms with Gasteiger partial charge >= 0.3 is 0 Å². The predicted octanol–water partition coefficient (Wildman–Crippen LogP) is 2.72. The number of rotatable bonds is 5. The average molecular weight is 340 g/mol. The summed E-state index contributed by atoms with van der Waals surface area (Å²) in [7, 11) is 1.65. The van der Waals surface area contributed by atoms with E-state index in [4.69, 9.17) is 4.74 Å². The number of likely N-dealkylation sites (tertiary alicyclic amines) is 1. The van der Waals surface area contributed by atoms with Gasteiger partial charge in [-0.05, 0) is 54.5 Å². The topological polar surface area (TPSA) is 62.4 Å². The Morgan fingerprint density at radius 2 is 1.92 bits per heavy atom. The molecule has 3 rings (SSSR count). The van der Waals surface area contributed by atoms with Crippen molar-refractivity contribution in [2.75, 3.05) is 20.2 Å². The Kier molecular flexibility index (Phi) is 5.53. The molecule has 0 aliphatic carbocycles. The summed E-state index contributed by atoms with van der Waals surface area (Å²) >= 11 is 0. The van der Waals surface area contributed by atoms with E-state index in [1.54, 1.807) is 19.4 Å². The van der Waals surface area contributed by atoms with Crippen molar-refractivity contribution >= 4 is 5.91 Å². The molecule has 5 heteroatoms. The molecule has 0 atom stereocenters. The number of hydrogen-bond donors (Lipinski definition) is 1. The van der Waals surface area contributed by atoms with Crippen LogP contribution < -0.4 is 10.3 Å². The fraction of sp³-hybridized carbons (Fsp3) is 0.400. The minimum absolute atomic E-state index is 0.0597. The number of H-pyrrole nitrogens is 1. The van der Waals surface area contributed by atoms with Crippen LogP contribution in [0.1, 0.15) is 36.3 Å². The number of nitrogens with one attached hydrogen (secondary N) is 1. The number of methoxy groups -OCH3 is 1. The monoisotopic (exact) mass is 340 g/mol. The number of aromatic nitrogens is 1. The van der Waals surface area contributed by atoms with Crippen LogP contribution in [0.2, 0.25) is 0 Å². The number of benzene rings is 1. The second kappa shape index (κ2) is 8.01. The van der Waals surface area contributed by atoms with Gasteiger partial charge in [0.25, 0.3) is 0 Å². The number of carbonyl (C=O) groups is 1. The van der Waals surface area contributed by atoms with Gasteiger partial charge in [0, 0.05) is 31.8 Å². The number of nitrogens with zero attached hydrogens (tertiary/aromatic N) is 1. The van der Waals surface area contributed by atoms with E-state index in [0.29, 0.717) is 12.3 Å². The zero-order valence-corrected chi connectivity index (χ0v) is 14.5. The third-order valence-electron chi connectivity index (χ3n) is 4.90. The number of piperidine rings is 1. The van der Waals surface area contributed by atoms with E-state index in [1.165, 1.54) is 0 Å². The maximum absolute atomic E-state index is 12.4. The fourth-order valence-electron chi connectivity index (χ4n) is 3.38. The van der Waals surface area contributed by atoms with Crippen molar-refractivity contribution < 1.29 is 9.53 Å². The highest BCUT2D eigenvalue weighted by Crippen LogP contribution is 2.27. The Labute approximate surface area is 147 Å². The van der Waals surface area contributed by atoms with E-state index >= 15 is 0 Å². The SMILES string of the molecule is COc1ccc(CCC(=O)N2CCC(c3cc[nH]c(=O)c3)CC2)cc1. The van der Waals surface area contributed by atoms with Crippen LogP contribution in [0, 0.1) is 0 Å². The first-order chi connectivity index (χ1) is 12.2. The first kappa shape index (κ1) is 17.3. The summed E-state index contributed by atoms with van der Waals surface area (Å²) in [6.07, 6.45) is 4.80. The van der Waals surface area contributed by atoms with E-state index in [-0.39, 0.29) is 11.5 Å². The number of aromatic amines is 1. The molecule has 1 fully saturated rings. The van der Waals surface area contributed by atoms with Crippen molar-refractivity contribution in [3.63, 3.8) is 0 Å². The van der Waals surface area contributed by atoms with Crippen molar-refractivity contribution in [3.8, 4) is 5.75 Å². The minimum atomic E-state index is -0.0597. The highest BCUT2D eigenvalue weighted by Gasteiger charge is 2.23. The predicted molar refractivity (Wildman–Crippen MR) is 96.9 cm³/mol. The first-order valence-corrected chi connectivity index (χ1v) is 8.75. The summed E-state index contributed by atoms with van der Waals surface area (Å²) in [6, 6.07) is 11.5. The van der Waals surface area contributed by atoms with E-state index < -0.39 is 0 Å². The molecular weight excluding hydrogens is 316 g/mol. The third-order valence-corrected chi connectivity index (χ3v) is 4.90. The maximum Gasteiger partial charge on any atom is 0.248 e. The molecule has 1 N–H and O–H groups in total. The van der Waals surface area contributed by atoms with E-state index in [9.17, 15) is 9.59 Å². The number of ether oxygens (including phenoxy) is 1. The molecule has 0 spiro atoms. The number of aryl methyl sites for hydroxylation is 1. The third kappa shape index (κ3) is 4.50. The molecule has 5 nitrogen and oxygen atoms in total. The molecule has 2 heterocycles. The zero-order chi connectivity index (χ0) is 17.6. The summed E-state index contributed by atoms with van der Waals surface area (Å²) < 4.78 is 5.15. The van der Waals surface area contributed by atoms with E-state index in [1.807, 2.05) is 35.2 Å². The smallest absolute Gasteiger partial charge is 0.248 e. The summed E-state index contributed by atoms with van der Waals surface area (Å²) in [4.78, 5) is 28.5. The molecular formula is C20H24N2O3. The number of amides is 1. The Bertz CT molecular complexity index is 759. The van der Waals surface area contributed by atoms with Gasteiger partial charge in [-0.1, -0.05) is 12.1 Å². The van der Waals surface area contributed by atoms with Crippen LogP contribution in [0.5, 0.6) is 5.75 Å². The van der Waals surface area contributed by atoms with Gasteiger partial charge < -0.3 is 14.6 Å². The van der Waals surface area contributed by atoms with Crippen LogP contribution in [0.4, 0.5) is 0 Å². The van der Waals surface area contributed by atoms with Crippen LogP contribution in [0.15, 0.2) is 47.4 Å². The highest BCUT2D eigenvalue weighted by atomic mass is 16.5. The summed E-state index contributed by atoms with van der Waals surface area (Å²) in [5.74, 6) is 1.41. The van der Waals surface area contributed by atoms with Crippen LogP contribution in [0.25, 0.3) is 0 Å². The van der Waals surface area contributed by atoms with Crippen molar-refractivity contribution in [2.24, 2.45) is 0 Å². The van der Waals surface area contributed by atoms with Gasteiger partial charge in [-0.3, -0.25) is 9.59 Å². The number of pyridine rings is 1. The lowest BCUT2D eigenvalue weighted by atomic mass is 9.90. The van der Waals surface area contributed by atoms with Gasteiger partial charge in [0.1, 0.15) is 5.75 Å². The lowest BCUT2D eigenvalue weighted by Crippen LogP contribution is -2.38. The van der Waals surface area contributed by atoms with Crippen molar-refractivity contribution in [2.45, 2.75) is 31.6 Å². The molecule has 1 aliphatic rings. The summed E-state index contributed by atoms with van der Waals surface area (Å²) in [6.45, 7) is 1.53. The van der Waals surface area contributed by atoms with E-state index in [0.717, 1.165) is 49.2 Å². The molecule has 0 unspecified atom stereocenters. The van der Waals surface area contributed by atoms with Crippen LogP contribution >= 0.6 is 0 Å². The Hall–Kier alpha value is -2.56. The van der Waals surface area contributed by atoms with Gasteiger partial charge in [-0.25, -0.2) is 0 Å². The molecule has 1 amide bonds. The number of hydrogen-bond acceptors (Lipinski definition) is 3. The van der Waals surface area contributed by atoms with Gasteiger partial charge in [-0.15, -0.1) is 0 Å². The maximum atomic E-state index is 12.4. The normalized spacial score (nSPS) is 15.2. The molecule has 1 aliphatic heterocycles. The quantitative estimate of drug-likeness (QED) is 0.910. The number of carbonyl (C=O) groups excluding carboxylic acids is 1. The zero-order valence-electron chi connectivity index (χ0n) is 14.5. The standard InChI is InChI=1S/C20H24N2O3/c1-25-18-5-2-15(3-6-18)4-7-20(24)22-12-9-16(10-13-22)17-8-11-21-19(23)14-17/h2-3,5-6,8,11,14,16H,4,7,9-10,12-13H2,1H3,(H,21,23). The fourth-order valence-corrected chi connectivity index (χ4v) is 3.38. The van der Waals surface area contributed by atoms with Crippen molar-refractivity contribution in [3.05, 3.63) is 64.1 Å². The molecule has 1 aromatic heterocycles. The molecule has 0 radical (unpaired) electrons. The Morgan fingerprint density at radius 3 is 2.56 bits per heavy atom. The summed E-state index contributed by atoms with van der Waals surface area (Å²) in [5.41, 5.74) is 2.16. The van der Waals surface area contributed by atoms with Crippen LogP contribution in [-0.2, 0) is 11.2 Å². The second-order valence-corrected chi connectivity index (χ2v) is 6.49. The first-order valence-electron chi connectivity index (χ1n) is 8.75. The van der Waals surface area contributed by atoms with Gasteiger partial charge in [0.2, 0.25) is 11.5 Å². The average Bonchev–Trinajstić information content (AvgIpc) is 2.66. The molecule has 0 bridgehead atoms. The second-order valence-electron chi connectivity index (χ2n) is 6.49. The van der Waals surface area contributed by atoms with Gasteiger partial charge in [0.05, 0.1) is 7.11 Å². The van der Waals surface area contributed by atoms with Crippen LogP contribution in [0.3, 0.4) is 0 Å². The Balaban J connectivity index is 1.48. The largest absolute Gasteiger partial charge is 0.497 e. The lowest BCUT2D eigenvalue weighted by Gasteiger charge is -2.32. The summed E-state index contributed by atoms with van der Waals surface area (Å²) in [5, 5.41) is 0. The molecule has 1 aromatic carbocycles. The molecule has 0 saturated carbocycles. The van der Waals surface area contributed by atoms with Crippen LogP contribution in [-0.4, -0.2) is 36.0 Å². The van der Waals surface area contributed by atoms with Gasteiger partial charge in [0.15, 0.2) is 0 Å². The molecule has 2 aromatic rings. The molecule has 25 heavy (non-hydrogen) atoms. The minimum Gasteiger partial charge on any atom is -0.497 e.